The standard InChI is InChI=1S/C18H34N2O2/c1-5-13-19-16(21)11-12-17(22)20-15-9-7-14(8-10-15)18(3,4)6-2/h14-15H,5-13H2,1-4H3,(H,19,21)(H,20,22). The molecule has 1 aliphatic carbocycles. The van der Waals surface area contributed by atoms with Gasteiger partial charge >= 0.3 is 0 Å². The minimum Gasteiger partial charge on any atom is -0.356 e. The molecule has 1 rings (SSSR count). The smallest absolute Gasteiger partial charge is 0.220 e. The normalized spacial score (nSPS) is 22.2. The highest BCUT2D eigenvalue weighted by Gasteiger charge is 2.32. The zero-order valence-corrected chi connectivity index (χ0v) is 14.8. The summed E-state index contributed by atoms with van der Waals surface area (Å²) in [7, 11) is 0. The largest absolute Gasteiger partial charge is 0.356 e. The Morgan fingerprint density at radius 1 is 1.00 bits per heavy atom. The molecule has 0 saturated heterocycles. The predicted molar refractivity (Wildman–Crippen MR) is 90.5 cm³/mol. The molecule has 1 fully saturated rings. The fraction of sp³-hybridized carbons (Fsp3) is 0.889. The summed E-state index contributed by atoms with van der Waals surface area (Å²) in [6.45, 7) is 9.68. The van der Waals surface area contributed by atoms with Crippen molar-refractivity contribution < 1.29 is 9.59 Å². The molecule has 0 aromatic heterocycles. The second-order valence-corrected chi connectivity index (χ2v) is 7.31. The van der Waals surface area contributed by atoms with E-state index in [0.29, 0.717) is 30.8 Å². The highest BCUT2D eigenvalue weighted by molar-refractivity contribution is 5.83. The van der Waals surface area contributed by atoms with Crippen molar-refractivity contribution in [2.75, 3.05) is 6.54 Å². The van der Waals surface area contributed by atoms with Gasteiger partial charge in [0.2, 0.25) is 11.8 Å². The topological polar surface area (TPSA) is 58.2 Å². The number of carbonyl (C=O) groups excluding carboxylic acids is 2. The van der Waals surface area contributed by atoms with Crippen molar-refractivity contribution in [2.24, 2.45) is 11.3 Å². The van der Waals surface area contributed by atoms with Crippen molar-refractivity contribution >= 4 is 11.8 Å². The Bertz CT molecular complexity index is 358. The fourth-order valence-electron chi connectivity index (χ4n) is 3.19. The van der Waals surface area contributed by atoms with Gasteiger partial charge in [0.15, 0.2) is 0 Å². The van der Waals surface area contributed by atoms with Crippen LogP contribution in [-0.2, 0) is 9.59 Å². The lowest BCUT2D eigenvalue weighted by Crippen LogP contribution is -2.40. The first kappa shape index (κ1) is 19.0. The molecule has 2 amide bonds. The van der Waals surface area contributed by atoms with Crippen molar-refractivity contribution in [3.8, 4) is 0 Å². The van der Waals surface area contributed by atoms with Crippen LogP contribution in [0.2, 0.25) is 0 Å². The lowest BCUT2D eigenvalue weighted by Gasteiger charge is -2.39. The van der Waals surface area contributed by atoms with Gasteiger partial charge in [0.05, 0.1) is 0 Å². The Morgan fingerprint density at radius 2 is 1.59 bits per heavy atom. The molecule has 0 atom stereocenters. The number of amides is 2. The molecular formula is C18H34N2O2. The Labute approximate surface area is 135 Å². The van der Waals surface area contributed by atoms with Crippen molar-refractivity contribution in [2.45, 2.75) is 85.1 Å². The van der Waals surface area contributed by atoms with Gasteiger partial charge in [-0.05, 0) is 43.4 Å². The first-order chi connectivity index (χ1) is 10.4. The minimum absolute atomic E-state index is 0.0184. The molecule has 22 heavy (non-hydrogen) atoms. The lowest BCUT2D eigenvalue weighted by atomic mass is 9.69. The first-order valence-electron chi connectivity index (χ1n) is 8.95. The molecular weight excluding hydrogens is 276 g/mol. The second-order valence-electron chi connectivity index (χ2n) is 7.31. The summed E-state index contributed by atoms with van der Waals surface area (Å²) in [5, 5.41) is 5.90. The van der Waals surface area contributed by atoms with Gasteiger partial charge < -0.3 is 10.6 Å². The predicted octanol–water partition coefficient (Wildman–Crippen LogP) is 3.40. The number of hydrogen-bond donors (Lipinski definition) is 2. The van der Waals surface area contributed by atoms with Gasteiger partial charge in [0, 0.05) is 25.4 Å². The molecule has 0 unspecified atom stereocenters. The van der Waals surface area contributed by atoms with Gasteiger partial charge in [-0.15, -0.1) is 0 Å². The maximum atomic E-state index is 11.9. The summed E-state index contributed by atoms with van der Waals surface area (Å²) in [6, 6.07) is 0.301. The van der Waals surface area contributed by atoms with E-state index in [1.807, 2.05) is 6.92 Å². The average molecular weight is 310 g/mol. The average Bonchev–Trinajstić information content (AvgIpc) is 2.51. The zero-order valence-electron chi connectivity index (χ0n) is 14.8. The molecule has 1 aliphatic rings. The molecule has 4 nitrogen and oxygen atoms in total. The van der Waals surface area contributed by atoms with Crippen molar-refractivity contribution in [3.63, 3.8) is 0 Å². The Hall–Kier alpha value is -1.06. The summed E-state index contributed by atoms with van der Waals surface area (Å²) in [4.78, 5) is 23.4. The highest BCUT2D eigenvalue weighted by atomic mass is 16.2. The monoisotopic (exact) mass is 310 g/mol. The van der Waals surface area contributed by atoms with Crippen LogP contribution in [0.15, 0.2) is 0 Å². The Balaban J connectivity index is 2.23. The quantitative estimate of drug-likeness (QED) is 0.722. The van der Waals surface area contributed by atoms with Gasteiger partial charge in [0.25, 0.3) is 0 Å². The van der Waals surface area contributed by atoms with E-state index in [1.54, 1.807) is 0 Å². The van der Waals surface area contributed by atoms with Crippen molar-refractivity contribution in [1.29, 1.82) is 0 Å². The van der Waals surface area contributed by atoms with Gasteiger partial charge in [0.1, 0.15) is 0 Å². The molecule has 1 saturated carbocycles. The van der Waals surface area contributed by atoms with E-state index >= 15 is 0 Å². The molecule has 2 N–H and O–H groups in total. The molecule has 128 valence electrons. The lowest BCUT2D eigenvalue weighted by molar-refractivity contribution is -0.127. The number of hydrogen-bond acceptors (Lipinski definition) is 2. The van der Waals surface area contributed by atoms with Gasteiger partial charge in [-0.1, -0.05) is 34.1 Å². The van der Waals surface area contributed by atoms with E-state index in [4.69, 9.17) is 0 Å². The van der Waals surface area contributed by atoms with Crippen LogP contribution in [0.5, 0.6) is 0 Å². The number of carbonyl (C=O) groups is 2. The fourth-order valence-corrected chi connectivity index (χ4v) is 3.19. The SMILES string of the molecule is CCCNC(=O)CCC(=O)NC1CCC(C(C)(C)CC)CC1. The van der Waals surface area contributed by atoms with Gasteiger partial charge in [-0.25, -0.2) is 0 Å². The molecule has 0 radical (unpaired) electrons. The third-order valence-electron chi connectivity index (χ3n) is 5.26. The summed E-state index contributed by atoms with van der Waals surface area (Å²) < 4.78 is 0. The summed E-state index contributed by atoms with van der Waals surface area (Å²) in [6.07, 6.45) is 7.27. The maximum Gasteiger partial charge on any atom is 0.220 e. The zero-order chi connectivity index (χ0) is 16.6. The van der Waals surface area contributed by atoms with Crippen LogP contribution in [0, 0.1) is 11.3 Å². The second kappa shape index (κ2) is 9.16. The minimum atomic E-state index is -0.0228. The Morgan fingerprint density at radius 3 is 2.14 bits per heavy atom. The maximum absolute atomic E-state index is 11.9. The summed E-state index contributed by atoms with van der Waals surface area (Å²) in [5.74, 6) is 0.765. The van der Waals surface area contributed by atoms with Crippen molar-refractivity contribution in [1.82, 2.24) is 10.6 Å². The van der Waals surface area contributed by atoms with Crippen LogP contribution in [0.1, 0.15) is 79.1 Å². The summed E-state index contributed by atoms with van der Waals surface area (Å²) >= 11 is 0. The van der Waals surface area contributed by atoms with Crippen LogP contribution in [0.4, 0.5) is 0 Å². The van der Waals surface area contributed by atoms with Crippen LogP contribution < -0.4 is 10.6 Å². The number of rotatable bonds is 8. The third-order valence-corrected chi connectivity index (χ3v) is 5.26. The first-order valence-corrected chi connectivity index (χ1v) is 8.95. The van der Waals surface area contributed by atoms with Gasteiger partial charge in [-0.3, -0.25) is 9.59 Å². The van der Waals surface area contributed by atoms with Gasteiger partial charge in [-0.2, -0.15) is 0 Å². The van der Waals surface area contributed by atoms with Crippen LogP contribution in [0.25, 0.3) is 0 Å². The van der Waals surface area contributed by atoms with E-state index in [9.17, 15) is 9.59 Å². The van der Waals surface area contributed by atoms with Crippen LogP contribution in [-0.4, -0.2) is 24.4 Å². The molecule has 0 aromatic rings. The van der Waals surface area contributed by atoms with E-state index in [0.717, 1.165) is 25.2 Å². The summed E-state index contributed by atoms with van der Waals surface area (Å²) in [5.41, 5.74) is 0.409. The highest BCUT2D eigenvalue weighted by Crippen LogP contribution is 2.40. The van der Waals surface area contributed by atoms with E-state index < -0.39 is 0 Å². The Kier molecular flexibility index (Phi) is 7.91. The van der Waals surface area contributed by atoms with Crippen LogP contribution >= 0.6 is 0 Å². The molecule has 0 heterocycles. The molecule has 4 heteroatoms. The number of nitrogens with one attached hydrogen (secondary N) is 2. The molecule has 0 aliphatic heterocycles. The molecule has 0 aromatic carbocycles. The van der Waals surface area contributed by atoms with E-state index in [2.05, 4.69) is 31.4 Å². The third kappa shape index (κ3) is 6.37. The molecule has 0 bridgehead atoms. The molecule has 0 spiro atoms. The van der Waals surface area contributed by atoms with E-state index in [1.165, 1.54) is 19.3 Å². The van der Waals surface area contributed by atoms with Crippen molar-refractivity contribution in [3.05, 3.63) is 0 Å². The van der Waals surface area contributed by atoms with Crippen LogP contribution in [0.3, 0.4) is 0 Å². The van der Waals surface area contributed by atoms with E-state index in [-0.39, 0.29) is 11.8 Å².